The molecule has 4 heteroatoms. The molecule has 2 N–H and O–H groups in total. The summed E-state index contributed by atoms with van der Waals surface area (Å²) < 4.78 is 10.8. The van der Waals surface area contributed by atoms with Crippen LogP contribution in [0.5, 0.6) is 11.5 Å². The highest BCUT2D eigenvalue weighted by Gasteiger charge is 2.35. The van der Waals surface area contributed by atoms with Crippen molar-refractivity contribution >= 4 is 0 Å². The molecule has 3 rings (SSSR count). The van der Waals surface area contributed by atoms with Gasteiger partial charge in [0.2, 0.25) is 0 Å². The van der Waals surface area contributed by atoms with Crippen LogP contribution in [0.4, 0.5) is 0 Å². The molecule has 1 aliphatic rings. The minimum absolute atomic E-state index is 0.518. The molecule has 0 saturated heterocycles. The van der Waals surface area contributed by atoms with E-state index in [1.165, 1.54) is 5.56 Å². The largest absolute Gasteiger partial charge is 0.493 e. The molecule has 0 fully saturated rings. The summed E-state index contributed by atoms with van der Waals surface area (Å²) in [5, 5.41) is 14.3. The fourth-order valence-corrected chi connectivity index (χ4v) is 3.35. The summed E-state index contributed by atoms with van der Waals surface area (Å²) in [4.78, 5) is 0. The highest BCUT2D eigenvalue weighted by molar-refractivity contribution is 5.46. The van der Waals surface area contributed by atoms with Gasteiger partial charge in [0.25, 0.3) is 0 Å². The van der Waals surface area contributed by atoms with Crippen molar-refractivity contribution in [3.05, 3.63) is 59.2 Å². The van der Waals surface area contributed by atoms with Gasteiger partial charge in [-0.15, -0.1) is 0 Å². The minimum atomic E-state index is -0.789. The minimum Gasteiger partial charge on any atom is -0.493 e. The van der Waals surface area contributed by atoms with E-state index in [1.807, 2.05) is 36.4 Å². The quantitative estimate of drug-likeness (QED) is 0.861. The van der Waals surface area contributed by atoms with Gasteiger partial charge in [-0.05, 0) is 30.0 Å². The van der Waals surface area contributed by atoms with E-state index in [1.54, 1.807) is 14.2 Å². The normalized spacial score (nSPS) is 19.4. The molecule has 1 unspecified atom stereocenters. The first kappa shape index (κ1) is 15.8. The number of hydrogen-bond acceptors (Lipinski definition) is 4. The van der Waals surface area contributed by atoms with E-state index in [0.29, 0.717) is 13.1 Å². The molecule has 0 saturated carbocycles. The monoisotopic (exact) mass is 313 g/mol. The molecule has 1 atom stereocenters. The number of aliphatic hydroxyl groups is 1. The molecule has 0 aromatic heterocycles. The van der Waals surface area contributed by atoms with Gasteiger partial charge in [0.15, 0.2) is 11.5 Å². The lowest BCUT2D eigenvalue weighted by Gasteiger charge is -2.25. The molecular weight excluding hydrogens is 290 g/mol. The highest BCUT2D eigenvalue weighted by atomic mass is 16.5. The van der Waals surface area contributed by atoms with Crippen LogP contribution in [-0.4, -0.2) is 25.9 Å². The Balaban J connectivity index is 1.69. The zero-order valence-electron chi connectivity index (χ0n) is 13.6. The Kier molecular flexibility index (Phi) is 4.55. The van der Waals surface area contributed by atoms with Gasteiger partial charge in [-0.1, -0.05) is 36.4 Å². The summed E-state index contributed by atoms with van der Waals surface area (Å²) in [6, 6.07) is 14.0. The highest BCUT2D eigenvalue weighted by Crippen LogP contribution is 2.36. The summed E-state index contributed by atoms with van der Waals surface area (Å²) in [6.07, 6.45) is 1.69. The van der Waals surface area contributed by atoms with Gasteiger partial charge in [0.05, 0.1) is 14.2 Å². The predicted octanol–water partition coefficient (Wildman–Crippen LogP) is 2.63. The van der Waals surface area contributed by atoms with E-state index in [0.717, 1.165) is 35.5 Å². The first-order chi connectivity index (χ1) is 11.2. The maximum absolute atomic E-state index is 10.9. The van der Waals surface area contributed by atoms with Crippen molar-refractivity contribution in [3.63, 3.8) is 0 Å². The first-order valence-corrected chi connectivity index (χ1v) is 7.89. The van der Waals surface area contributed by atoms with E-state index in [9.17, 15) is 5.11 Å². The second kappa shape index (κ2) is 6.60. The van der Waals surface area contributed by atoms with Crippen molar-refractivity contribution in [3.8, 4) is 11.5 Å². The molecule has 0 aliphatic heterocycles. The zero-order valence-corrected chi connectivity index (χ0v) is 13.6. The molecule has 2 aromatic carbocycles. The molecule has 0 heterocycles. The second-order valence-corrected chi connectivity index (χ2v) is 5.94. The lowest BCUT2D eigenvalue weighted by atomic mass is 9.96. The summed E-state index contributed by atoms with van der Waals surface area (Å²) in [5.74, 6) is 1.46. The lowest BCUT2D eigenvalue weighted by molar-refractivity contribution is 0.0384. The van der Waals surface area contributed by atoms with E-state index in [-0.39, 0.29) is 0 Å². The van der Waals surface area contributed by atoms with Gasteiger partial charge in [0.1, 0.15) is 5.60 Å². The predicted molar refractivity (Wildman–Crippen MR) is 89.9 cm³/mol. The van der Waals surface area contributed by atoms with E-state index in [4.69, 9.17) is 9.47 Å². The Morgan fingerprint density at radius 2 is 1.91 bits per heavy atom. The van der Waals surface area contributed by atoms with Crippen LogP contribution < -0.4 is 14.8 Å². The number of methoxy groups -OCH3 is 2. The third kappa shape index (κ3) is 3.05. The Morgan fingerprint density at radius 3 is 2.70 bits per heavy atom. The number of ether oxygens (including phenoxy) is 2. The van der Waals surface area contributed by atoms with Crippen LogP contribution >= 0.6 is 0 Å². The SMILES string of the molecule is COc1cccc(CNCC2(O)CCc3ccccc32)c1OC. The van der Waals surface area contributed by atoms with Crippen LogP contribution in [0.3, 0.4) is 0 Å². The fourth-order valence-electron chi connectivity index (χ4n) is 3.35. The average Bonchev–Trinajstić information content (AvgIpc) is 2.92. The van der Waals surface area contributed by atoms with Crippen LogP contribution in [0.25, 0.3) is 0 Å². The van der Waals surface area contributed by atoms with Crippen molar-refractivity contribution < 1.29 is 14.6 Å². The molecule has 0 bridgehead atoms. The third-order valence-corrected chi connectivity index (χ3v) is 4.54. The van der Waals surface area contributed by atoms with Crippen LogP contribution in [0.2, 0.25) is 0 Å². The number of aryl methyl sites for hydroxylation is 1. The first-order valence-electron chi connectivity index (χ1n) is 7.89. The zero-order chi connectivity index (χ0) is 16.3. The Morgan fingerprint density at radius 1 is 1.09 bits per heavy atom. The van der Waals surface area contributed by atoms with Crippen molar-refractivity contribution in [1.29, 1.82) is 0 Å². The molecular formula is C19H23NO3. The van der Waals surface area contributed by atoms with E-state index < -0.39 is 5.60 Å². The number of fused-ring (bicyclic) bond motifs is 1. The van der Waals surface area contributed by atoms with Crippen molar-refractivity contribution in [2.45, 2.75) is 25.0 Å². The lowest BCUT2D eigenvalue weighted by Crippen LogP contribution is -2.36. The third-order valence-electron chi connectivity index (χ3n) is 4.54. The maximum Gasteiger partial charge on any atom is 0.165 e. The maximum atomic E-state index is 10.9. The van der Waals surface area contributed by atoms with Crippen molar-refractivity contribution in [2.24, 2.45) is 0 Å². The number of nitrogens with one attached hydrogen (secondary N) is 1. The van der Waals surface area contributed by atoms with E-state index in [2.05, 4.69) is 11.4 Å². The van der Waals surface area contributed by atoms with Gasteiger partial charge in [-0.2, -0.15) is 0 Å². The summed E-state index contributed by atoms with van der Waals surface area (Å²) in [5.41, 5.74) is 2.52. The van der Waals surface area contributed by atoms with Crippen LogP contribution in [0, 0.1) is 0 Å². The van der Waals surface area contributed by atoms with E-state index >= 15 is 0 Å². The van der Waals surface area contributed by atoms with Gasteiger partial charge >= 0.3 is 0 Å². The molecule has 0 amide bonds. The van der Waals surface area contributed by atoms with Crippen molar-refractivity contribution in [1.82, 2.24) is 5.32 Å². The van der Waals surface area contributed by atoms with Gasteiger partial charge in [-0.3, -0.25) is 0 Å². The molecule has 23 heavy (non-hydrogen) atoms. The molecule has 1 aliphatic carbocycles. The number of hydrogen-bond donors (Lipinski definition) is 2. The number of para-hydroxylation sites is 1. The van der Waals surface area contributed by atoms with Gasteiger partial charge in [-0.25, -0.2) is 0 Å². The molecule has 122 valence electrons. The molecule has 4 nitrogen and oxygen atoms in total. The summed E-state index contributed by atoms with van der Waals surface area (Å²) in [7, 11) is 3.27. The fraction of sp³-hybridized carbons (Fsp3) is 0.368. The number of benzene rings is 2. The van der Waals surface area contributed by atoms with Crippen LogP contribution in [-0.2, 0) is 18.6 Å². The average molecular weight is 313 g/mol. The van der Waals surface area contributed by atoms with Crippen LogP contribution in [0.15, 0.2) is 42.5 Å². The number of rotatable bonds is 6. The Labute approximate surface area is 137 Å². The Hall–Kier alpha value is -2.04. The topological polar surface area (TPSA) is 50.7 Å². The van der Waals surface area contributed by atoms with Crippen LogP contribution in [0.1, 0.15) is 23.1 Å². The summed E-state index contributed by atoms with van der Waals surface area (Å²) in [6.45, 7) is 1.13. The second-order valence-electron chi connectivity index (χ2n) is 5.94. The smallest absolute Gasteiger partial charge is 0.165 e. The molecule has 0 spiro atoms. The van der Waals surface area contributed by atoms with Gasteiger partial charge < -0.3 is 19.9 Å². The molecule has 0 radical (unpaired) electrons. The molecule has 2 aromatic rings. The Bertz CT molecular complexity index is 686. The summed E-state index contributed by atoms with van der Waals surface area (Å²) >= 11 is 0. The van der Waals surface area contributed by atoms with Gasteiger partial charge in [0, 0.05) is 18.7 Å². The van der Waals surface area contributed by atoms with Crippen molar-refractivity contribution in [2.75, 3.05) is 20.8 Å². The standard InChI is InChI=1S/C19H23NO3/c1-22-17-9-5-7-15(18(17)23-2)12-20-13-19(21)11-10-14-6-3-4-8-16(14)19/h3-9,20-21H,10-13H2,1-2H3.